The molecule has 0 spiro atoms. The molecule has 0 aliphatic rings. The van der Waals surface area contributed by atoms with E-state index in [1.165, 1.54) is 10.2 Å². The van der Waals surface area contributed by atoms with E-state index in [0.717, 1.165) is 56.4 Å². The van der Waals surface area contributed by atoms with Gasteiger partial charge in [-0.05, 0) is 112 Å². The molecule has 0 aliphatic heterocycles. The van der Waals surface area contributed by atoms with Crippen molar-refractivity contribution in [2.75, 3.05) is 6.61 Å². The molecular formula is C41H42N4O3. The van der Waals surface area contributed by atoms with Gasteiger partial charge in [-0.1, -0.05) is 55.8 Å². The van der Waals surface area contributed by atoms with Gasteiger partial charge in [0.25, 0.3) is 5.56 Å². The second kappa shape index (κ2) is 13.7. The number of fused-ring (bicyclic) bond motifs is 1. The number of aromatic nitrogens is 3. The Morgan fingerprint density at radius 1 is 0.875 bits per heavy atom. The van der Waals surface area contributed by atoms with Crippen molar-refractivity contribution < 1.29 is 9.47 Å². The zero-order valence-corrected chi connectivity index (χ0v) is 28.7. The third-order valence-corrected chi connectivity index (χ3v) is 8.68. The van der Waals surface area contributed by atoms with Gasteiger partial charge >= 0.3 is 0 Å². The Bertz CT molecular complexity index is 2170. The largest absolute Gasteiger partial charge is 0.494 e. The summed E-state index contributed by atoms with van der Waals surface area (Å²) < 4.78 is 15.6. The zero-order valence-electron chi connectivity index (χ0n) is 28.7. The quantitative estimate of drug-likeness (QED) is 0.140. The molecule has 244 valence electrons. The van der Waals surface area contributed by atoms with Gasteiger partial charge in [0.05, 0.1) is 23.7 Å². The van der Waals surface area contributed by atoms with Crippen LogP contribution in [0.25, 0.3) is 28.0 Å². The smallest absolute Gasteiger partial charge is 0.282 e. The van der Waals surface area contributed by atoms with Gasteiger partial charge in [0.2, 0.25) is 0 Å². The van der Waals surface area contributed by atoms with Gasteiger partial charge in [0, 0.05) is 28.2 Å². The summed E-state index contributed by atoms with van der Waals surface area (Å²) in [5, 5.41) is 5.33. The SMILES string of the molecule is CCOc1cc(C)c(-c2nc3ccccc3c(=O)n2N=Cc2cc(C)n(-c3ccc(OCc4ccc(C)cc4)cc3)c2C)cc1C(C)C. The maximum absolute atomic E-state index is 14.0. The van der Waals surface area contributed by atoms with Crippen molar-refractivity contribution in [1.82, 2.24) is 14.2 Å². The molecule has 0 unspecified atom stereocenters. The Hall–Kier alpha value is -5.43. The molecule has 0 saturated carbocycles. The standard InChI is InChI=1S/C41H42N4O3/c1-8-47-39-21-28(5)37(23-36(39)26(2)3)40-43-38-12-10-9-11-35(38)41(46)45(40)42-24-32-22-29(6)44(30(32)7)33-17-19-34(20-18-33)48-25-31-15-13-27(4)14-16-31/h9-24,26H,8,25H2,1-7H3. The number of hydrogen-bond donors (Lipinski definition) is 0. The highest BCUT2D eigenvalue weighted by molar-refractivity contribution is 5.84. The fourth-order valence-electron chi connectivity index (χ4n) is 6.05. The predicted octanol–water partition coefficient (Wildman–Crippen LogP) is 9.07. The molecule has 0 bridgehead atoms. The molecule has 0 fully saturated rings. The minimum atomic E-state index is -0.221. The van der Waals surface area contributed by atoms with Crippen molar-refractivity contribution in [3.8, 4) is 28.6 Å². The number of ether oxygens (including phenoxy) is 2. The van der Waals surface area contributed by atoms with E-state index < -0.39 is 0 Å². The summed E-state index contributed by atoms with van der Waals surface area (Å²) in [5.41, 5.74) is 9.62. The molecular weight excluding hydrogens is 596 g/mol. The maximum Gasteiger partial charge on any atom is 0.282 e. The van der Waals surface area contributed by atoms with Gasteiger partial charge in [-0.3, -0.25) is 4.79 Å². The molecule has 2 heterocycles. The Morgan fingerprint density at radius 3 is 2.31 bits per heavy atom. The number of nitrogens with zero attached hydrogens (tertiary/aromatic N) is 4. The lowest BCUT2D eigenvalue weighted by Crippen LogP contribution is -2.21. The molecule has 6 aromatic rings. The number of para-hydroxylation sites is 1. The summed E-state index contributed by atoms with van der Waals surface area (Å²) in [7, 11) is 0. The lowest BCUT2D eigenvalue weighted by molar-refractivity contribution is 0.306. The fourth-order valence-corrected chi connectivity index (χ4v) is 6.05. The molecule has 0 radical (unpaired) electrons. The number of benzene rings is 4. The van der Waals surface area contributed by atoms with Gasteiger partial charge in [-0.2, -0.15) is 9.78 Å². The molecule has 7 heteroatoms. The molecule has 7 nitrogen and oxygen atoms in total. The van der Waals surface area contributed by atoms with E-state index >= 15 is 0 Å². The van der Waals surface area contributed by atoms with E-state index in [-0.39, 0.29) is 11.5 Å². The van der Waals surface area contributed by atoms with E-state index in [9.17, 15) is 4.79 Å². The van der Waals surface area contributed by atoms with Crippen molar-refractivity contribution in [2.45, 2.75) is 61.0 Å². The Morgan fingerprint density at radius 2 is 1.60 bits per heavy atom. The normalized spacial score (nSPS) is 11.6. The summed E-state index contributed by atoms with van der Waals surface area (Å²) in [4.78, 5) is 19.0. The van der Waals surface area contributed by atoms with E-state index in [2.05, 4.69) is 87.7 Å². The van der Waals surface area contributed by atoms with Crippen LogP contribution in [0.5, 0.6) is 11.5 Å². The van der Waals surface area contributed by atoms with Crippen LogP contribution in [0, 0.1) is 27.7 Å². The van der Waals surface area contributed by atoms with Crippen LogP contribution in [0.4, 0.5) is 0 Å². The first-order chi connectivity index (χ1) is 23.1. The lowest BCUT2D eigenvalue weighted by atomic mass is 9.96. The third-order valence-electron chi connectivity index (χ3n) is 8.68. The third kappa shape index (κ3) is 6.54. The second-order valence-corrected chi connectivity index (χ2v) is 12.5. The molecule has 0 N–H and O–H groups in total. The topological polar surface area (TPSA) is 70.6 Å². The highest BCUT2D eigenvalue weighted by Gasteiger charge is 2.19. The van der Waals surface area contributed by atoms with Crippen LogP contribution >= 0.6 is 0 Å². The second-order valence-electron chi connectivity index (χ2n) is 12.5. The molecule has 48 heavy (non-hydrogen) atoms. The summed E-state index contributed by atoms with van der Waals surface area (Å²) in [6.45, 7) is 15.6. The van der Waals surface area contributed by atoms with Gasteiger partial charge in [0.15, 0.2) is 5.82 Å². The molecule has 0 amide bonds. The van der Waals surface area contributed by atoms with Gasteiger partial charge in [-0.15, -0.1) is 0 Å². The highest BCUT2D eigenvalue weighted by Crippen LogP contribution is 2.34. The molecule has 0 atom stereocenters. The van der Waals surface area contributed by atoms with Crippen LogP contribution in [0.1, 0.15) is 65.9 Å². The first-order valence-corrected chi connectivity index (χ1v) is 16.5. The average Bonchev–Trinajstić information content (AvgIpc) is 3.36. The van der Waals surface area contributed by atoms with E-state index in [0.29, 0.717) is 29.9 Å². The van der Waals surface area contributed by atoms with Crippen LogP contribution in [0.15, 0.2) is 101 Å². The van der Waals surface area contributed by atoms with E-state index in [4.69, 9.17) is 19.6 Å². The van der Waals surface area contributed by atoms with E-state index in [1.54, 1.807) is 12.3 Å². The van der Waals surface area contributed by atoms with Gasteiger partial charge in [-0.25, -0.2) is 4.98 Å². The Balaban J connectivity index is 1.36. The van der Waals surface area contributed by atoms with E-state index in [1.807, 2.05) is 50.2 Å². The van der Waals surface area contributed by atoms with Crippen molar-refractivity contribution >= 4 is 17.1 Å². The van der Waals surface area contributed by atoms with Gasteiger partial charge in [0.1, 0.15) is 18.1 Å². The zero-order chi connectivity index (χ0) is 33.9. The Labute approximate surface area is 282 Å². The number of hydrogen-bond acceptors (Lipinski definition) is 5. The molecule has 0 saturated heterocycles. The van der Waals surface area contributed by atoms with Crippen molar-refractivity contribution in [1.29, 1.82) is 0 Å². The first kappa shape index (κ1) is 32.5. The molecule has 2 aromatic heterocycles. The first-order valence-electron chi connectivity index (χ1n) is 16.5. The van der Waals surface area contributed by atoms with Crippen LogP contribution < -0.4 is 15.0 Å². The van der Waals surface area contributed by atoms with Crippen molar-refractivity contribution in [2.24, 2.45) is 5.10 Å². The Kier molecular flexibility index (Phi) is 9.30. The van der Waals surface area contributed by atoms with Crippen molar-refractivity contribution in [3.63, 3.8) is 0 Å². The van der Waals surface area contributed by atoms with Crippen LogP contribution in [-0.2, 0) is 6.61 Å². The summed E-state index contributed by atoms with van der Waals surface area (Å²) in [5.74, 6) is 2.37. The van der Waals surface area contributed by atoms with Crippen molar-refractivity contribution in [3.05, 3.63) is 141 Å². The molecule has 0 aliphatic carbocycles. The average molecular weight is 639 g/mol. The highest BCUT2D eigenvalue weighted by atomic mass is 16.5. The van der Waals surface area contributed by atoms with Gasteiger partial charge < -0.3 is 14.0 Å². The minimum absolute atomic E-state index is 0.217. The van der Waals surface area contributed by atoms with Crippen LogP contribution in [-0.4, -0.2) is 27.0 Å². The monoisotopic (exact) mass is 638 g/mol. The minimum Gasteiger partial charge on any atom is -0.494 e. The fraction of sp³-hybridized carbons (Fsp3) is 0.244. The lowest BCUT2D eigenvalue weighted by Gasteiger charge is -2.18. The summed E-state index contributed by atoms with van der Waals surface area (Å²) in [6.07, 6.45) is 1.76. The maximum atomic E-state index is 14.0. The summed E-state index contributed by atoms with van der Waals surface area (Å²) in [6, 6.07) is 30.1. The van der Waals surface area contributed by atoms with Crippen LogP contribution in [0.2, 0.25) is 0 Å². The molecule has 4 aromatic carbocycles. The predicted molar refractivity (Wildman–Crippen MR) is 195 cm³/mol. The number of aryl methyl sites for hydroxylation is 3. The van der Waals surface area contributed by atoms with Crippen LogP contribution in [0.3, 0.4) is 0 Å². The summed E-state index contributed by atoms with van der Waals surface area (Å²) >= 11 is 0. The molecule has 6 rings (SSSR count). The number of rotatable bonds is 10.